The van der Waals surface area contributed by atoms with E-state index in [2.05, 4.69) is 15.9 Å². The summed E-state index contributed by atoms with van der Waals surface area (Å²) in [7, 11) is 0. The van der Waals surface area contributed by atoms with Crippen molar-refractivity contribution in [2.75, 3.05) is 0 Å². The highest BCUT2D eigenvalue weighted by Crippen LogP contribution is 2.23. The summed E-state index contributed by atoms with van der Waals surface area (Å²) in [5.41, 5.74) is 0.0518. The van der Waals surface area contributed by atoms with Gasteiger partial charge in [0, 0.05) is 17.9 Å². The largest absolute Gasteiger partial charge is 0.299 e. The van der Waals surface area contributed by atoms with Crippen LogP contribution in [0, 0.1) is 17.6 Å². The molecule has 0 radical (unpaired) electrons. The van der Waals surface area contributed by atoms with Crippen molar-refractivity contribution in [3.8, 4) is 0 Å². The van der Waals surface area contributed by atoms with Gasteiger partial charge < -0.3 is 0 Å². The van der Waals surface area contributed by atoms with Crippen LogP contribution in [0.1, 0.15) is 32.3 Å². The Labute approximate surface area is 108 Å². The van der Waals surface area contributed by atoms with Gasteiger partial charge in [-0.15, -0.1) is 0 Å². The molecule has 1 rings (SSSR count). The SMILES string of the molecule is CC(C)C(=O)CCCc1c(F)ccc(Br)c1F. The summed E-state index contributed by atoms with van der Waals surface area (Å²) in [6.07, 6.45) is 1.08. The average molecular weight is 305 g/mol. The molecule has 0 aliphatic rings. The first-order valence-electron chi connectivity index (χ1n) is 5.58. The van der Waals surface area contributed by atoms with E-state index in [9.17, 15) is 13.6 Å². The number of rotatable bonds is 5. The molecule has 0 aliphatic carbocycles. The summed E-state index contributed by atoms with van der Waals surface area (Å²) in [4.78, 5) is 11.4. The zero-order valence-corrected chi connectivity index (χ0v) is 11.5. The van der Waals surface area contributed by atoms with E-state index in [1.54, 1.807) is 0 Å². The minimum Gasteiger partial charge on any atom is -0.299 e. The van der Waals surface area contributed by atoms with Crippen LogP contribution in [0.15, 0.2) is 16.6 Å². The van der Waals surface area contributed by atoms with E-state index in [4.69, 9.17) is 0 Å². The standard InChI is InChI=1S/C13H15BrF2O/c1-8(2)12(17)5-3-4-9-11(15)7-6-10(14)13(9)16/h6-8H,3-5H2,1-2H3. The van der Waals surface area contributed by atoms with E-state index in [0.29, 0.717) is 12.8 Å². The van der Waals surface area contributed by atoms with E-state index in [1.165, 1.54) is 12.1 Å². The molecule has 0 bridgehead atoms. The van der Waals surface area contributed by atoms with Crippen LogP contribution >= 0.6 is 15.9 Å². The Kier molecular flexibility index (Phi) is 5.25. The van der Waals surface area contributed by atoms with E-state index < -0.39 is 11.6 Å². The molecule has 0 saturated heterocycles. The molecule has 94 valence electrons. The van der Waals surface area contributed by atoms with Gasteiger partial charge >= 0.3 is 0 Å². The van der Waals surface area contributed by atoms with Gasteiger partial charge in [0.1, 0.15) is 17.4 Å². The Bertz CT molecular complexity index is 416. The number of hydrogen-bond acceptors (Lipinski definition) is 1. The summed E-state index contributed by atoms with van der Waals surface area (Å²) in [6.45, 7) is 3.64. The third kappa shape index (κ3) is 3.87. The second-order valence-electron chi connectivity index (χ2n) is 4.30. The maximum Gasteiger partial charge on any atom is 0.143 e. The van der Waals surface area contributed by atoms with E-state index in [0.717, 1.165) is 0 Å². The highest BCUT2D eigenvalue weighted by molar-refractivity contribution is 9.10. The molecule has 0 fully saturated rings. The lowest BCUT2D eigenvalue weighted by molar-refractivity contribution is -0.121. The zero-order valence-electron chi connectivity index (χ0n) is 9.90. The third-order valence-electron chi connectivity index (χ3n) is 2.63. The van der Waals surface area contributed by atoms with Crippen LogP contribution in [0.25, 0.3) is 0 Å². The van der Waals surface area contributed by atoms with Gasteiger partial charge in [-0.3, -0.25) is 4.79 Å². The molecule has 0 aromatic heterocycles. The molecule has 1 nitrogen and oxygen atoms in total. The predicted octanol–water partition coefficient (Wildman–Crippen LogP) is 4.28. The smallest absolute Gasteiger partial charge is 0.143 e. The van der Waals surface area contributed by atoms with Crippen LogP contribution in [0.5, 0.6) is 0 Å². The molecule has 1 aromatic rings. The lowest BCUT2D eigenvalue weighted by Gasteiger charge is -2.07. The van der Waals surface area contributed by atoms with Gasteiger partial charge in [-0.05, 0) is 40.9 Å². The summed E-state index contributed by atoms with van der Waals surface area (Å²) >= 11 is 3.02. The van der Waals surface area contributed by atoms with Gasteiger partial charge in [0.15, 0.2) is 0 Å². The zero-order chi connectivity index (χ0) is 13.0. The number of carbonyl (C=O) groups is 1. The fourth-order valence-corrected chi connectivity index (χ4v) is 1.90. The normalized spacial score (nSPS) is 10.9. The van der Waals surface area contributed by atoms with E-state index >= 15 is 0 Å². The molecule has 0 unspecified atom stereocenters. The lowest BCUT2D eigenvalue weighted by atomic mass is 10.0. The molecule has 0 heterocycles. The highest BCUT2D eigenvalue weighted by Gasteiger charge is 2.13. The number of benzene rings is 1. The summed E-state index contributed by atoms with van der Waals surface area (Å²) in [6, 6.07) is 2.57. The number of hydrogen-bond donors (Lipinski definition) is 0. The van der Waals surface area contributed by atoms with Crippen molar-refractivity contribution >= 4 is 21.7 Å². The molecule has 17 heavy (non-hydrogen) atoms. The summed E-state index contributed by atoms with van der Waals surface area (Å²) < 4.78 is 27.2. The van der Waals surface area contributed by atoms with Crippen molar-refractivity contribution in [1.82, 2.24) is 0 Å². The van der Waals surface area contributed by atoms with Crippen molar-refractivity contribution in [2.45, 2.75) is 33.1 Å². The Hall–Kier alpha value is -0.770. The maximum atomic E-state index is 13.6. The van der Waals surface area contributed by atoms with E-state index in [1.807, 2.05) is 13.8 Å². The number of ketones is 1. The second-order valence-corrected chi connectivity index (χ2v) is 5.15. The number of carbonyl (C=O) groups excluding carboxylic acids is 1. The van der Waals surface area contributed by atoms with Crippen molar-refractivity contribution in [2.24, 2.45) is 5.92 Å². The molecular formula is C13H15BrF2O. The molecule has 0 amide bonds. The Balaban J connectivity index is 2.64. The van der Waals surface area contributed by atoms with Crippen LogP contribution in [0.3, 0.4) is 0 Å². The summed E-state index contributed by atoms with van der Waals surface area (Å²) in [5, 5.41) is 0. The first kappa shape index (κ1) is 14.3. The van der Waals surface area contributed by atoms with Crippen LogP contribution in [-0.2, 0) is 11.2 Å². The maximum absolute atomic E-state index is 13.6. The van der Waals surface area contributed by atoms with Crippen LogP contribution in [0.4, 0.5) is 8.78 Å². The topological polar surface area (TPSA) is 17.1 Å². The number of halogens is 3. The molecule has 1 aromatic carbocycles. The van der Waals surface area contributed by atoms with Crippen LogP contribution in [-0.4, -0.2) is 5.78 Å². The van der Waals surface area contributed by atoms with Gasteiger partial charge in [0.2, 0.25) is 0 Å². The van der Waals surface area contributed by atoms with Crippen molar-refractivity contribution in [3.05, 3.63) is 33.8 Å². The van der Waals surface area contributed by atoms with Gasteiger partial charge in [-0.2, -0.15) is 0 Å². The predicted molar refractivity (Wildman–Crippen MR) is 66.8 cm³/mol. The Morgan fingerprint density at radius 2 is 2.00 bits per heavy atom. The van der Waals surface area contributed by atoms with Gasteiger partial charge in [-0.1, -0.05) is 13.8 Å². The van der Waals surface area contributed by atoms with Gasteiger partial charge in [-0.25, -0.2) is 8.78 Å². The van der Waals surface area contributed by atoms with E-state index in [-0.39, 0.29) is 28.2 Å². The molecule has 0 atom stereocenters. The quantitative estimate of drug-likeness (QED) is 0.742. The first-order chi connectivity index (χ1) is 7.93. The van der Waals surface area contributed by atoms with Crippen molar-refractivity contribution in [1.29, 1.82) is 0 Å². The molecule has 0 spiro atoms. The minimum atomic E-state index is -0.568. The molecule has 0 aliphatic heterocycles. The fraction of sp³-hybridized carbons (Fsp3) is 0.462. The second kappa shape index (κ2) is 6.24. The highest BCUT2D eigenvalue weighted by atomic mass is 79.9. The lowest BCUT2D eigenvalue weighted by Crippen LogP contribution is -2.07. The molecule has 0 N–H and O–H groups in total. The molecular weight excluding hydrogens is 290 g/mol. The average Bonchev–Trinajstić information content (AvgIpc) is 2.28. The van der Waals surface area contributed by atoms with Gasteiger partial charge in [0.25, 0.3) is 0 Å². The van der Waals surface area contributed by atoms with Gasteiger partial charge in [0.05, 0.1) is 4.47 Å². The molecule has 0 saturated carbocycles. The van der Waals surface area contributed by atoms with Crippen molar-refractivity contribution in [3.63, 3.8) is 0 Å². The minimum absolute atomic E-state index is 0.0211. The monoisotopic (exact) mass is 304 g/mol. The van der Waals surface area contributed by atoms with Crippen LogP contribution < -0.4 is 0 Å². The molecule has 4 heteroatoms. The van der Waals surface area contributed by atoms with Crippen molar-refractivity contribution < 1.29 is 13.6 Å². The first-order valence-corrected chi connectivity index (χ1v) is 6.38. The third-order valence-corrected chi connectivity index (χ3v) is 3.25. The number of Topliss-reactive ketones (excluding diaryl/α,β-unsaturated/α-hetero) is 1. The summed E-state index contributed by atoms with van der Waals surface area (Å²) in [5.74, 6) is -1.02. The Morgan fingerprint density at radius 1 is 1.35 bits per heavy atom. The van der Waals surface area contributed by atoms with Crippen LogP contribution in [0.2, 0.25) is 0 Å². The Morgan fingerprint density at radius 3 is 2.59 bits per heavy atom. The fourth-order valence-electron chi connectivity index (χ4n) is 1.53.